The maximum atomic E-state index is 10.7. The molecule has 2 aliphatic rings. The smallest absolute Gasteiger partial charge is 0.303 e. The number of rotatable bonds is 17. The highest BCUT2D eigenvalue weighted by Crippen LogP contribution is 2.46. The summed E-state index contributed by atoms with van der Waals surface area (Å²) in [5.74, 6) is 0.195. The Balaban J connectivity index is 1.66. The van der Waals surface area contributed by atoms with Crippen LogP contribution in [0, 0.1) is 17.3 Å². The van der Waals surface area contributed by atoms with E-state index in [9.17, 15) is 9.90 Å². The molecule has 0 aromatic heterocycles. The summed E-state index contributed by atoms with van der Waals surface area (Å²) in [7, 11) is 0. The first-order chi connectivity index (χ1) is 14.8. The normalized spacial score (nSPS) is 26.7. The molecule has 0 amide bonds. The minimum atomic E-state index is -0.698. The SMILES string of the molecule is CCCCC(C)(C)C(O)C=C[C@H]1[C@@H](CCOCCCCCCCC(=O)O)[C@H]2CC[C@@H]1O2. The van der Waals surface area contributed by atoms with Crippen LogP contribution in [0.25, 0.3) is 0 Å². The van der Waals surface area contributed by atoms with E-state index < -0.39 is 12.1 Å². The Labute approximate surface area is 189 Å². The molecule has 0 radical (unpaired) electrons. The fourth-order valence-electron chi connectivity index (χ4n) is 5.06. The quantitative estimate of drug-likeness (QED) is 0.223. The maximum Gasteiger partial charge on any atom is 0.303 e. The van der Waals surface area contributed by atoms with Crippen LogP contribution in [0.4, 0.5) is 0 Å². The van der Waals surface area contributed by atoms with Gasteiger partial charge in [0.05, 0.1) is 18.3 Å². The van der Waals surface area contributed by atoms with Crippen molar-refractivity contribution in [1.82, 2.24) is 0 Å². The molecule has 0 aromatic rings. The fraction of sp³-hybridized carbons (Fsp3) is 0.885. The molecule has 31 heavy (non-hydrogen) atoms. The van der Waals surface area contributed by atoms with E-state index in [1.807, 2.05) is 6.08 Å². The molecule has 0 aliphatic carbocycles. The van der Waals surface area contributed by atoms with E-state index in [-0.39, 0.29) is 11.8 Å². The van der Waals surface area contributed by atoms with Crippen molar-refractivity contribution in [2.24, 2.45) is 17.3 Å². The average Bonchev–Trinajstić information content (AvgIpc) is 3.33. The Kier molecular flexibility index (Phi) is 11.6. The molecule has 5 atom stereocenters. The average molecular weight is 439 g/mol. The summed E-state index contributed by atoms with van der Waals surface area (Å²) in [6.45, 7) is 8.07. The van der Waals surface area contributed by atoms with Crippen molar-refractivity contribution in [3.63, 3.8) is 0 Å². The first kappa shape index (κ1) is 26.3. The van der Waals surface area contributed by atoms with E-state index in [0.29, 0.717) is 24.0 Å². The lowest BCUT2D eigenvalue weighted by atomic mass is 9.76. The summed E-state index contributed by atoms with van der Waals surface area (Å²) in [6.07, 6.45) is 16.5. The number of hydrogen-bond donors (Lipinski definition) is 2. The standard InChI is InChI=1S/C26H46O5/c1-4-5-17-26(2,3)24(27)15-12-20-21(23-14-13-22(20)31-23)16-19-30-18-10-8-6-7-9-11-25(28)29/h12,15,20-24,27H,4-11,13-14,16-19H2,1-3H3,(H,28,29)/t20-,21+,22-,23+,24?/m0/s1. The van der Waals surface area contributed by atoms with Crippen molar-refractivity contribution in [3.05, 3.63) is 12.2 Å². The summed E-state index contributed by atoms with van der Waals surface area (Å²) in [5, 5.41) is 19.4. The molecule has 2 bridgehead atoms. The van der Waals surface area contributed by atoms with Crippen molar-refractivity contribution in [3.8, 4) is 0 Å². The van der Waals surface area contributed by atoms with Crippen LogP contribution in [0.15, 0.2) is 12.2 Å². The number of aliphatic hydroxyl groups excluding tert-OH is 1. The van der Waals surface area contributed by atoms with Crippen molar-refractivity contribution in [2.75, 3.05) is 13.2 Å². The van der Waals surface area contributed by atoms with Gasteiger partial charge in [-0.15, -0.1) is 0 Å². The Hall–Kier alpha value is -0.910. The van der Waals surface area contributed by atoms with Crippen molar-refractivity contribution in [1.29, 1.82) is 0 Å². The van der Waals surface area contributed by atoms with Crippen molar-refractivity contribution >= 4 is 5.97 Å². The molecule has 1 unspecified atom stereocenters. The molecule has 2 heterocycles. The number of carboxylic acid groups (broad SMARTS) is 1. The van der Waals surface area contributed by atoms with Crippen LogP contribution >= 0.6 is 0 Å². The number of fused-ring (bicyclic) bond motifs is 2. The highest BCUT2D eigenvalue weighted by atomic mass is 16.5. The second-order valence-corrected chi connectivity index (χ2v) is 10.3. The molecule has 5 heteroatoms. The Morgan fingerprint density at radius 1 is 1.10 bits per heavy atom. The molecule has 0 spiro atoms. The number of carboxylic acids is 1. The number of hydrogen-bond acceptors (Lipinski definition) is 4. The third-order valence-electron chi connectivity index (χ3n) is 7.25. The topological polar surface area (TPSA) is 76.0 Å². The lowest BCUT2D eigenvalue weighted by Gasteiger charge is -2.30. The molecule has 2 fully saturated rings. The lowest BCUT2D eigenvalue weighted by molar-refractivity contribution is -0.137. The zero-order valence-corrected chi connectivity index (χ0v) is 20.1. The number of carbonyl (C=O) groups is 1. The second-order valence-electron chi connectivity index (χ2n) is 10.3. The van der Waals surface area contributed by atoms with Gasteiger partial charge in [-0.25, -0.2) is 0 Å². The number of aliphatic carboxylic acids is 1. The van der Waals surface area contributed by atoms with Crippen LogP contribution in [0.2, 0.25) is 0 Å². The molecule has 2 rings (SSSR count). The first-order valence-electron chi connectivity index (χ1n) is 12.7. The van der Waals surface area contributed by atoms with Crippen LogP contribution in [0.1, 0.15) is 97.8 Å². The van der Waals surface area contributed by atoms with Crippen LogP contribution in [-0.2, 0) is 14.3 Å². The van der Waals surface area contributed by atoms with E-state index in [2.05, 4.69) is 26.8 Å². The molecular weight excluding hydrogens is 392 g/mol. The van der Waals surface area contributed by atoms with Crippen LogP contribution in [-0.4, -0.2) is 47.7 Å². The Morgan fingerprint density at radius 2 is 1.81 bits per heavy atom. The van der Waals surface area contributed by atoms with Gasteiger partial charge in [-0.1, -0.05) is 65.0 Å². The van der Waals surface area contributed by atoms with Gasteiger partial charge < -0.3 is 19.7 Å². The predicted octanol–water partition coefficient (Wildman–Crippen LogP) is 5.75. The zero-order chi connectivity index (χ0) is 22.7. The predicted molar refractivity (Wildman–Crippen MR) is 124 cm³/mol. The van der Waals surface area contributed by atoms with E-state index in [0.717, 1.165) is 83.8 Å². The van der Waals surface area contributed by atoms with Gasteiger partial charge in [-0.3, -0.25) is 4.79 Å². The Bertz CT molecular complexity index is 544. The van der Waals surface area contributed by atoms with Crippen LogP contribution in [0.5, 0.6) is 0 Å². The van der Waals surface area contributed by atoms with Gasteiger partial charge in [0, 0.05) is 25.6 Å². The zero-order valence-electron chi connectivity index (χ0n) is 20.1. The van der Waals surface area contributed by atoms with Crippen LogP contribution < -0.4 is 0 Å². The van der Waals surface area contributed by atoms with Crippen molar-refractivity contribution < 1.29 is 24.5 Å². The number of unbranched alkanes of at least 4 members (excludes halogenated alkanes) is 5. The monoisotopic (exact) mass is 438 g/mol. The van der Waals surface area contributed by atoms with Crippen LogP contribution in [0.3, 0.4) is 0 Å². The van der Waals surface area contributed by atoms with Gasteiger partial charge in [0.2, 0.25) is 0 Å². The summed E-state index contributed by atoms with van der Waals surface area (Å²) in [6, 6.07) is 0. The molecule has 5 nitrogen and oxygen atoms in total. The molecule has 2 N–H and O–H groups in total. The van der Waals surface area contributed by atoms with Gasteiger partial charge in [-0.2, -0.15) is 0 Å². The van der Waals surface area contributed by atoms with Gasteiger partial charge in [0.25, 0.3) is 0 Å². The van der Waals surface area contributed by atoms with Gasteiger partial charge in [0.15, 0.2) is 0 Å². The third-order valence-corrected chi connectivity index (χ3v) is 7.25. The minimum absolute atomic E-state index is 0.0861. The largest absolute Gasteiger partial charge is 0.481 e. The van der Waals surface area contributed by atoms with E-state index >= 15 is 0 Å². The molecule has 0 saturated carbocycles. The van der Waals surface area contributed by atoms with Gasteiger partial charge in [-0.05, 0) is 49.9 Å². The number of ether oxygens (including phenoxy) is 2. The summed E-state index contributed by atoms with van der Waals surface area (Å²) in [4.78, 5) is 10.5. The minimum Gasteiger partial charge on any atom is -0.481 e. The van der Waals surface area contributed by atoms with E-state index in [1.54, 1.807) is 0 Å². The summed E-state index contributed by atoms with van der Waals surface area (Å²) in [5.41, 5.74) is -0.0861. The van der Waals surface area contributed by atoms with Crippen molar-refractivity contribution in [2.45, 2.75) is 116 Å². The maximum absolute atomic E-state index is 10.7. The summed E-state index contributed by atoms with van der Waals surface area (Å²) < 4.78 is 12.1. The third kappa shape index (κ3) is 8.86. The fourth-order valence-corrected chi connectivity index (χ4v) is 5.06. The Morgan fingerprint density at radius 3 is 2.55 bits per heavy atom. The number of aliphatic hydroxyl groups is 1. The second kappa shape index (κ2) is 13.6. The molecule has 0 aromatic carbocycles. The molecular formula is C26H46O5. The highest BCUT2D eigenvalue weighted by molar-refractivity contribution is 5.66. The highest BCUT2D eigenvalue weighted by Gasteiger charge is 2.47. The van der Waals surface area contributed by atoms with Gasteiger partial charge >= 0.3 is 5.97 Å². The molecule has 180 valence electrons. The molecule has 2 saturated heterocycles. The van der Waals surface area contributed by atoms with E-state index in [4.69, 9.17) is 14.6 Å². The lowest BCUT2D eigenvalue weighted by Crippen LogP contribution is -2.30. The molecule has 2 aliphatic heterocycles. The first-order valence-corrected chi connectivity index (χ1v) is 12.7. The van der Waals surface area contributed by atoms with Gasteiger partial charge in [0.1, 0.15) is 0 Å². The van der Waals surface area contributed by atoms with E-state index in [1.165, 1.54) is 0 Å². The summed E-state index contributed by atoms with van der Waals surface area (Å²) >= 11 is 0.